The Morgan fingerprint density at radius 1 is 1.25 bits per heavy atom. The van der Waals surface area contributed by atoms with Crippen molar-refractivity contribution < 1.29 is 4.79 Å². The van der Waals surface area contributed by atoms with E-state index in [1.165, 1.54) is 6.42 Å². The number of fused-ring (bicyclic) bond motifs is 1. The molecule has 1 saturated heterocycles. The predicted octanol–water partition coefficient (Wildman–Crippen LogP) is 2.88. The summed E-state index contributed by atoms with van der Waals surface area (Å²) in [5.41, 5.74) is 9.13. The largest absolute Gasteiger partial charge is 0.338 e. The number of nitrogens with zero attached hydrogens (tertiary/aromatic N) is 1. The van der Waals surface area contributed by atoms with Gasteiger partial charge in [0.1, 0.15) is 0 Å². The zero-order valence-electron chi connectivity index (χ0n) is 12.0. The van der Waals surface area contributed by atoms with Crippen LogP contribution in [0.25, 0.3) is 0 Å². The lowest BCUT2D eigenvalue weighted by Crippen LogP contribution is -2.33. The van der Waals surface area contributed by atoms with E-state index in [1.54, 1.807) is 0 Å². The van der Waals surface area contributed by atoms with Crippen LogP contribution in [0.1, 0.15) is 34.3 Å². The minimum Gasteiger partial charge on any atom is -0.338 e. The van der Waals surface area contributed by atoms with Crippen LogP contribution < -0.4 is 5.73 Å². The third kappa shape index (κ3) is 2.29. The van der Waals surface area contributed by atoms with Gasteiger partial charge in [0, 0.05) is 29.2 Å². The molecule has 1 aromatic rings. The van der Waals surface area contributed by atoms with Gasteiger partial charge in [0.2, 0.25) is 0 Å². The van der Waals surface area contributed by atoms with Crippen molar-refractivity contribution in [2.75, 3.05) is 13.1 Å². The first-order valence-electron chi connectivity index (χ1n) is 7.29. The minimum absolute atomic E-state index is 0.166. The zero-order valence-corrected chi connectivity index (χ0v) is 13.6. The summed E-state index contributed by atoms with van der Waals surface area (Å²) in [5, 5.41) is 0. The third-order valence-electron chi connectivity index (χ3n) is 4.94. The van der Waals surface area contributed by atoms with E-state index in [4.69, 9.17) is 5.73 Å². The lowest BCUT2D eigenvalue weighted by molar-refractivity contribution is 0.0779. The van der Waals surface area contributed by atoms with Crippen LogP contribution in [-0.2, 0) is 0 Å². The molecule has 1 aliphatic carbocycles. The van der Waals surface area contributed by atoms with Crippen molar-refractivity contribution in [2.45, 2.75) is 32.7 Å². The Bertz CT molecular complexity index is 558. The van der Waals surface area contributed by atoms with E-state index in [-0.39, 0.29) is 11.9 Å². The van der Waals surface area contributed by atoms with Crippen molar-refractivity contribution in [3.05, 3.63) is 33.3 Å². The Morgan fingerprint density at radius 3 is 2.70 bits per heavy atom. The molecule has 0 radical (unpaired) electrons. The van der Waals surface area contributed by atoms with Gasteiger partial charge < -0.3 is 10.6 Å². The summed E-state index contributed by atoms with van der Waals surface area (Å²) in [6, 6.07) is 4.31. The van der Waals surface area contributed by atoms with Crippen molar-refractivity contribution in [1.82, 2.24) is 4.90 Å². The highest BCUT2D eigenvalue weighted by molar-refractivity contribution is 9.10. The number of halogens is 1. The molecule has 3 unspecified atom stereocenters. The van der Waals surface area contributed by atoms with Gasteiger partial charge in [0.05, 0.1) is 0 Å². The van der Waals surface area contributed by atoms with E-state index >= 15 is 0 Å². The van der Waals surface area contributed by atoms with Gasteiger partial charge in [-0.3, -0.25) is 4.79 Å². The van der Waals surface area contributed by atoms with Crippen LogP contribution in [0.4, 0.5) is 0 Å². The second-order valence-electron chi connectivity index (χ2n) is 6.29. The van der Waals surface area contributed by atoms with Gasteiger partial charge >= 0.3 is 0 Å². The number of carbonyl (C=O) groups is 1. The van der Waals surface area contributed by atoms with Crippen LogP contribution in [-0.4, -0.2) is 29.9 Å². The van der Waals surface area contributed by atoms with E-state index in [0.29, 0.717) is 11.8 Å². The van der Waals surface area contributed by atoms with Crippen LogP contribution in [0.5, 0.6) is 0 Å². The average Bonchev–Trinajstić information content (AvgIpc) is 2.96. The van der Waals surface area contributed by atoms with Crippen molar-refractivity contribution in [2.24, 2.45) is 17.6 Å². The summed E-state index contributed by atoms with van der Waals surface area (Å²) in [7, 11) is 0. The second kappa shape index (κ2) is 5.15. The maximum atomic E-state index is 12.7. The summed E-state index contributed by atoms with van der Waals surface area (Å²) in [5.74, 6) is 1.29. The lowest BCUT2D eigenvalue weighted by atomic mass is 9.98. The Balaban J connectivity index is 1.82. The van der Waals surface area contributed by atoms with Crippen LogP contribution in [0.2, 0.25) is 0 Å². The van der Waals surface area contributed by atoms with E-state index in [2.05, 4.69) is 15.9 Å². The number of benzene rings is 1. The molecule has 0 bridgehead atoms. The van der Waals surface area contributed by atoms with Crippen molar-refractivity contribution in [3.8, 4) is 0 Å². The molecule has 1 heterocycles. The van der Waals surface area contributed by atoms with Crippen molar-refractivity contribution >= 4 is 21.8 Å². The topological polar surface area (TPSA) is 46.3 Å². The number of carbonyl (C=O) groups excluding carboxylic acids is 1. The van der Waals surface area contributed by atoms with Crippen molar-refractivity contribution in [1.29, 1.82) is 0 Å². The number of hydrogen-bond donors (Lipinski definition) is 1. The molecule has 108 valence electrons. The quantitative estimate of drug-likeness (QED) is 0.857. The van der Waals surface area contributed by atoms with Gasteiger partial charge in [-0.2, -0.15) is 0 Å². The number of likely N-dealkylation sites (tertiary alicyclic amines) is 1. The maximum Gasteiger partial charge on any atom is 0.254 e. The third-order valence-corrected chi connectivity index (χ3v) is 5.79. The van der Waals surface area contributed by atoms with Gasteiger partial charge in [-0.1, -0.05) is 15.9 Å². The fourth-order valence-electron chi connectivity index (χ4n) is 3.66. The second-order valence-corrected chi connectivity index (χ2v) is 7.15. The van der Waals surface area contributed by atoms with E-state index in [9.17, 15) is 4.79 Å². The summed E-state index contributed by atoms with van der Waals surface area (Å²) < 4.78 is 1.06. The van der Waals surface area contributed by atoms with Crippen LogP contribution in [0, 0.1) is 25.7 Å². The molecule has 3 atom stereocenters. The van der Waals surface area contributed by atoms with Gasteiger partial charge in [-0.15, -0.1) is 0 Å². The van der Waals surface area contributed by atoms with Crippen molar-refractivity contribution in [3.63, 3.8) is 0 Å². The molecule has 2 N–H and O–H groups in total. The maximum absolute atomic E-state index is 12.7. The molecule has 3 rings (SSSR count). The van der Waals surface area contributed by atoms with Gasteiger partial charge in [-0.25, -0.2) is 0 Å². The number of nitrogens with two attached hydrogens (primary N) is 1. The summed E-state index contributed by atoms with van der Waals surface area (Å²) in [6.07, 6.45) is 2.29. The molecule has 1 aliphatic heterocycles. The Labute approximate surface area is 128 Å². The minimum atomic E-state index is 0.166. The van der Waals surface area contributed by atoms with E-state index in [1.807, 2.05) is 30.9 Å². The molecule has 1 aromatic carbocycles. The SMILES string of the molecule is Cc1cc(C(=O)N2CC3CCC(N)C3C2)c(C)cc1Br. The lowest BCUT2D eigenvalue weighted by Gasteiger charge is -2.20. The fourth-order valence-corrected chi connectivity index (χ4v) is 4.11. The van der Waals surface area contributed by atoms with E-state index in [0.717, 1.165) is 40.7 Å². The normalized spacial score (nSPS) is 28.8. The predicted molar refractivity (Wildman–Crippen MR) is 83.7 cm³/mol. The molecule has 0 aromatic heterocycles. The summed E-state index contributed by atoms with van der Waals surface area (Å²) in [4.78, 5) is 14.7. The van der Waals surface area contributed by atoms with Gasteiger partial charge in [-0.05, 0) is 61.8 Å². The molecule has 1 saturated carbocycles. The van der Waals surface area contributed by atoms with Crippen LogP contribution in [0.15, 0.2) is 16.6 Å². The molecule has 3 nitrogen and oxygen atoms in total. The highest BCUT2D eigenvalue weighted by atomic mass is 79.9. The van der Waals surface area contributed by atoms with Gasteiger partial charge in [0.25, 0.3) is 5.91 Å². The Hall–Kier alpha value is -0.870. The Morgan fingerprint density at radius 2 is 2.00 bits per heavy atom. The average molecular weight is 337 g/mol. The highest BCUT2D eigenvalue weighted by Gasteiger charge is 2.42. The zero-order chi connectivity index (χ0) is 14.4. The summed E-state index contributed by atoms with van der Waals surface area (Å²) >= 11 is 3.52. The van der Waals surface area contributed by atoms with Crippen LogP contribution in [0.3, 0.4) is 0 Å². The number of hydrogen-bond acceptors (Lipinski definition) is 2. The molecule has 20 heavy (non-hydrogen) atoms. The van der Waals surface area contributed by atoms with E-state index < -0.39 is 0 Å². The first-order valence-corrected chi connectivity index (χ1v) is 8.08. The molecular weight excluding hydrogens is 316 g/mol. The Kier molecular flexibility index (Phi) is 3.63. The summed E-state index contributed by atoms with van der Waals surface area (Å²) in [6.45, 7) is 5.74. The fraction of sp³-hybridized carbons (Fsp3) is 0.562. The monoisotopic (exact) mass is 336 g/mol. The molecule has 1 amide bonds. The standard InChI is InChI=1S/C16H21BrN2O/c1-9-6-14(17)10(2)5-12(9)16(20)19-7-11-3-4-15(18)13(11)8-19/h5-6,11,13,15H,3-4,7-8,18H2,1-2H3. The number of amides is 1. The number of aryl methyl sites for hydroxylation is 2. The van der Waals surface area contributed by atoms with Gasteiger partial charge in [0.15, 0.2) is 0 Å². The molecule has 2 aliphatic rings. The number of rotatable bonds is 1. The smallest absolute Gasteiger partial charge is 0.254 e. The molecule has 2 fully saturated rings. The molecular formula is C16H21BrN2O. The first kappa shape index (κ1) is 14.1. The molecule has 0 spiro atoms. The first-order chi connectivity index (χ1) is 9.47. The molecule has 4 heteroatoms. The highest BCUT2D eigenvalue weighted by Crippen LogP contribution is 2.38. The van der Waals surface area contributed by atoms with Crippen LogP contribution >= 0.6 is 15.9 Å².